The molecule has 0 bridgehead atoms. The molecule has 27 heavy (non-hydrogen) atoms. The van der Waals surface area contributed by atoms with Crippen molar-refractivity contribution in [2.24, 2.45) is 0 Å². The zero-order valence-corrected chi connectivity index (χ0v) is 14.5. The number of rotatable bonds is 3. The SMILES string of the molecule is Cc1nn2c(Nc3ccccc3)c(C#N)c(=O)nc2/c1=C/c1ccccc1. The Morgan fingerprint density at radius 2 is 1.74 bits per heavy atom. The monoisotopic (exact) mass is 353 g/mol. The molecule has 1 N–H and O–H groups in total. The van der Waals surface area contributed by atoms with Gasteiger partial charge >= 0.3 is 0 Å². The third-order valence-corrected chi connectivity index (χ3v) is 4.21. The van der Waals surface area contributed by atoms with E-state index in [0.717, 1.165) is 22.2 Å². The number of aryl methyl sites for hydroxylation is 1. The van der Waals surface area contributed by atoms with Crippen molar-refractivity contribution in [3.8, 4) is 6.07 Å². The van der Waals surface area contributed by atoms with Crippen molar-refractivity contribution < 1.29 is 0 Å². The molecular weight excluding hydrogens is 338 g/mol. The summed E-state index contributed by atoms with van der Waals surface area (Å²) in [7, 11) is 0. The maximum atomic E-state index is 12.5. The van der Waals surface area contributed by atoms with Crippen LogP contribution in [-0.4, -0.2) is 14.6 Å². The molecule has 6 nitrogen and oxygen atoms in total. The summed E-state index contributed by atoms with van der Waals surface area (Å²) >= 11 is 0. The van der Waals surface area contributed by atoms with E-state index in [1.165, 1.54) is 4.52 Å². The first-order valence-electron chi connectivity index (χ1n) is 8.39. The predicted octanol–water partition coefficient (Wildman–Crippen LogP) is 2.56. The molecule has 0 unspecified atom stereocenters. The Kier molecular flexibility index (Phi) is 4.11. The summed E-state index contributed by atoms with van der Waals surface area (Å²) in [6.07, 6.45) is 1.93. The Labute approximate surface area is 155 Å². The molecule has 0 aliphatic carbocycles. The lowest BCUT2D eigenvalue weighted by Gasteiger charge is -2.09. The number of nitriles is 1. The molecule has 0 amide bonds. The highest BCUT2D eigenvalue weighted by Gasteiger charge is 2.17. The maximum Gasteiger partial charge on any atom is 0.293 e. The summed E-state index contributed by atoms with van der Waals surface area (Å²) in [5.41, 5.74) is 2.22. The van der Waals surface area contributed by atoms with Crippen molar-refractivity contribution in [3.63, 3.8) is 0 Å². The second-order valence-electron chi connectivity index (χ2n) is 6.03. The third kappa shape index (κ3) is 3.02. The van der Waals surface area contributed by atoms with Gasteiger partial charge in [-0.25, -0.2) is 0 Å². The van der Waals surface area contributed by atoms with Crippen molar-refractivity contribution in [2.45, 2.75) is 6.92 Å². The van der Waals surface area contributed by atoms with Crippen LogP contribution in [0.15, 0.2) is 65.5 Å². The van der Waals surface area contributed by atoms with Crippen molar-refractivity contribution in [1.29, 1.82) is 5.26 Å². The minimum Gasteiger partial charge on any atom is -0.339 e. The number of hydrogen-bond acceptors (Lipinski definition) is 5. The molecular formula is C21H15N5O. The van der Waals surface area contributed by atoms with E-state index in [1.807, 2.05) is 79.7 Å². The Bertz CT molecular complexity index is 1270. The van der Waals surface area contributed by atoms with E-state index >= 15 is 0 Å². The number of nitrogens with one attached hydrogen (secondary N) is 1. The van der Waals surface area contributed by atoms with Crippen LogP contribution < -0.4 is 16.1 Å². The third-order valence-electron chi connectivity index (χ3n) is 4.21. The molecule has 0 radical (unpaired) electrons. The first-order valence-corrected chi connectivity index (χ1v) is 8.39. The van der Waals surface area contributed by atoms with Crippen LogP contribution in [-0.2, 0) is 0 Å². The number of hydrogen-bond donors (Lipinski definition) is 1. The van der Waals surface area contributed by atoms with Gasteiger partial charge in [-0.3, -0.25) is 4.79 Å². The van der Waals surface area contributed by atoms with Gasteiger partial charge in [-0.05, 0) is 30.7 Å². The van der Waals surface area contributed by atoms with Crippen LogP contribution in [0, 0.1) is 18.3 Å². The summed E-state index contributed by atoms with van der Waals surface area (Å²) in [4.78, 5) is 16.6. The van der Waals surface area contributed by atoms with Crippen LogP contribution in [0.5, 0.6) is 0 Å². The van der Waals surface area contributed by atoms with E-state index in [2.05, 4.69) is 15.4 Å². The molecule has 0 saturated heterocycles. The van der Waals surface area contributed by atoms with Gasteiger partial charge in [0.1, 0.15) is 6.07 Å². The van der Waals surface area contributed by atoms with Crippen LogP contribution in [0.1, 0.15) is 16.8 Å². The summed E-state index contributed by atoms with van der Waals surface area (Å²) < 4.78 is 1.52. The summed E-state index contributed by atoms with van der Waals surface area (Å²) in [5, 5.41) is 17.9. The van der Waals surface area contributed by atoms with Crippen LogP contribution in [0.3, 0.4) is 0 Å². The van der Waals surface area contributed by atoms with Gasteiger partial charge in [0.2, 0.25) is 0 Å². The maximum absolute atomic E-state index is 12.5. The van der Waals surface area contributed by atoms with Crippen molar-refractivity contribution in [3.05, 3.63) is 93.1 Å². The Hall–Kier alpha value is -3.98. The number of fused-ring (bicyclic) bond motifs is 1. The first kappa shape index (κ1) is 16.5. The van der Waals surface area contributed by atoms with Crippen LogP contribution in [0.2, 0.25) is 0 Å². The van der Waals surface area contributed by atoms with Crippen molar-refractivity contribution >= 4 is 23.2 Å². The predicted molar refractivity (Wildman–Crippen MR) is 104 cm³/mol. The Morgan fingerprint density at radius 1 is 1.07 bits per heavy atom. The van der Waals surface area contributed by atoms with Gasteiger partial charge < -0.3 is 5.32 Å². The van der Waals surface area contributed by atoms with E-state index in [1.54, 1.807) is 0 Å². The Balaban J connectivity index is 2.01. The molecule has 2 aromatic carbocycles. The smallest absolute Gasteiger partial charge is 0.293 e. The van der Waals surface area contributed by atoms with Gasteiger partial charge in [0.25, 0.3) is 5.56 Å². The molecule has 6 heteroatoms. The van der Waals surface area contributed by atoms with Crippen LogP contribution >= 0.6 is 0 Å². The summed E-state index contributed by atoms with van der Waals surface area (Å²) in [6.45, 7) is 1.85. The second kappa shape index (κ2) is 6.73. The number of para-hydroxylation sites is 1. The largest absolute Gasteiger partial charge is 0.339 e. The molecule has 0 atom stereocenters. The van der Waals surface area contributed by atoms with Gasteiger partial charge in [-0.2, -0.15) is 19.9 Å². The molecule has 2 heterocycles. The summed E-state index contributed by atoms with van der Waals surface area (Å²) in [5.74, 6) is 0.314. The fourth-order valence-electron chi connectivity index (χ4n) is 2.91. The van der Waals surface area contributed by atoms with Gasteiger partial charge in [0.15, 0.2) is 17.0 Å². The zero-order chi connectivity index (χ0) is 18.8. The van der Waals surface area contributed by atoms with Crippen molar-refractivity contribution in [1.82, 2.24) is 14.6 Å². The van der Waals surface area contributed by atoms with E-state index in [0.29, 0.717) is 11.5 Å². The van der Waals surface area contributed by atoms with E-state index < -0.39 is 5.56 Å². The molecule has 0 aliphatic rings. The van der Waals surface area contributed by atoms with Gasteiger partial charge in [-0.1, -0.05) is 48.5 Å². The topological polar surface area (TPSA) is 83.1 Å². The second-order valence-corrected chi connectivity index (χ2v) is 6.03. The lowest BCUT2D eigenvalue weighted by molar-refractivity contribution is 0.914. The number of aromatic nitrogens is 3. The van der Waals surface area contributed by atoms with Gasteiger partial charge in [-0.15, -0.1) is 0 Å². The zero-order valence-electron chi connectivity index (χ0n) is 14.5. The molecule has 0 spiro atoms. The average molecular weight is 353 g/mol. The molecule has 4 aromatic rings. The highest BCUT2D eigenvalue weighted by atomic mass is 16.1. The quantitative estimate of drug-likeness (QED) is 0.612. The Morgan fingerprint density at radius 3 is 2.41 bits per heavy atom. The minimum atomic E-state index is -0.578. The molecule has 0 aliphatic heterocycles. The minimum absolute atomic E-state index is 0.0693. The fraction of sp³-hybridized carbons (Fsp3) is 0.0476. The van der Waals surface area contributed by atoms with E-state index in [9.17, 15) is 10.1 Å². The first-order chi connectivity index (χ1) is 13.2. The normalized spacial score (nSPS) is 11.5. The van der Waals surface area contributed by atoms with Crippen molar-refractivity contribution in [2.75, 3.05) is 5.32 Å². The van der Waals surface area contributed by atoms with Gasteiger partial charge in [0.05, 0.1) is 5.69 Å². The lowest BCUT2D eigenvalue weighted by Crippen LogP contribution is -2.19. The highest BCUT2D eigenvalue weighted by Crippen LogP contribution is 2.18. The molecule has 0 fully saturated rings. The van der Waals surface area contributed by atoms with Crippen LogP contribution in [0.4, 0.5) is 11.5 Å². The van der Waals surface area contributed by atoms with E-state index in [4.69, 9.17) is 0 Å². The summed E-state index contributed by atoms with van der Waals surface area (Å²) in [6, 6.07) is 21.0. The van der Waals surface area contributed by atoms with Crippen LogP contribution in [0.25, 0.3) is 11.7 Å². The lowest BCUT2D eigenvalue weighted by atomic mass is 10.2. The standard InChI is InChI=1S/C21H15N5O/c1-14-17(12-15-8-4-2-5-9-15)19-24-21(27)18(13-22)20(26(19)25-14)23-16-10-6-3-7-11-16/h2-12,23H,1H3/b17-12+. The fourth-order valence-corrected chi connectivity index (χ4v) is 2.91. The molecule has 2 aromatic heterocycles. The van der Waals surface area contributed by atoms with Gasteiger partial charge in [0, 0.05) is 10.9 Å². The average Bonchev–Trinajstić information content (AvgIpc) is 2.99. The molecule has 130 valence electrons. The molecule has 4 rings (SSSR count). The highest BCUT2D eigenvalue weighted by molar-refractivity contribution is 5.67. The number of benzene rings is 2. The number of nitrogens with zero attached hydrogens (tertiary/aromatic N) is 4. The number of anilines is 2. The molecule has 0 saturated carbocycles. The van der Waals surface area contributed by atoms with E-state index in [-0.39, 0.29) is 5.56 Å².